The molecule has 0 saturated carbocycles. The fourth-order valence-electron chi connectivity index (χ4n) is 1.95. The van der Waals surface area contributed by atoms with Gasteiger partial charge in [0.2, 0.25) is 0 Å². The standard InChI is InChI=1S/C16H18N2O2S/c1-3-20-16(19)11-7-6-9-13(15(11)17)18-12-8-4-5-10-14(12)21-2/h4-10,18H,3,17H2,1-2H3. The van der Waals surface area contributed by atoms with Crippen molar-refractivity contribution in [3.63, 3.8) is 0 Å². The average Bonchev–Trinajstić information content (AvgIpc) is 2.50. The van der Waals surface area contributed by atoms with Gasteiger partial charge in [0.1, 0.15) is 0 Å². The highest BCUT2D eigenvalue weighted by Gasteiger charge is 2.14. The molecule has 0 aliphatic carbocycles. The van der Waals surface area contributed by atoms with Gasteiger partial charge in [-0.25, -0.2) is 4.79 Å². The third-order valence-corrected chi connectivity index (χ3v) is 3.77. The Kier molecular flexibility index (Phi) is 5.11. The third-order valence-electron chi connectivity index (χ3n) is 2.98. The van der Waals surface area contributed by atoms with E-state index in [0.29, 0.717) is 23.5 Å². The number of hydrogen-bond donors (Lipinski definition) is 2. The Morgan fingerprint density at radius 2 is 1.90 bits per heavy atom. The summed E-state index contributed by atoms with van der Waals surface area (Å²) in [5.74, 6) is -0.406. The van der Waals surface area contributed by atoms with E-state index in [0.717, 1.165) is 10.6 Å². The van der Waals surface area contributed by atoms with Crippen molar-refractivity contribution in [2.75, 3.05) is 23.9 Å². The Labute approximate surface area is 128 Å². The average molecular weight is 302 g/mol. The zero-order valence-electron chi connectivity index (χ0n) is 12.1. The molecule has 21 heavy (non-hydrogen) atoms. The van der Waals surface area contributed by atoms with Crippen molar-refractivity contribution >= 4 is 34.8 Å². The molecule has 0 unspecified atom stereocenters. The summed E-state index contributed by atoms with van der Waals surface area (Å²) in [7, 11) is 0. The fourth-order valence-corrected chi connectivity index (χ4v) is 2.51. The molecule has 0 amide bonds. The number of nitrogens with two attached hydrogens (primary N) is 1. The first-order valence-electron chi connectivity index (χ1n) is 6.63. The molecular weight excluding hydrogens is 284 g/mol. The summed E-state index contributed by atoms with van der Waals surface area (Å²) >= 11 is 1.64. The van der Waals surface area contributed by atoms with E-state index >= 15 is 0 Å². The lowest BCUT2D eigenvalue weighted by Gasteiger charge is -2.14. The second-order valence-electron chi connectivity index (χ2n) is 4.31. The number of anilines is 3. The zero-order valence-corrected chi connectivity index (χ0v) is 12.9. The van der Waals surface area contributed by atoms with Crippen molar-refractivity contribution in [3.8, 4) is 0 Å². The molecule has 4 nitrogen and oxygen atoms in total. The number of rotatable bonds is 5. The van der Waals surface area contributed by atoms with E-state index in [1.165, 1.54) is 0 Å². The van der Waals surface area contributed by atoms with E-state index in [2.05, 4.69) is 5.32 Å². The van der Waals surface area contributed by atoms with Gasteiger partial charge in [0.15, 0.2) is 0 Å². The Hall–Kier alpha value is -2.14. The van der Waals surface area contributed by atoms with Crippen LogP contribution in [0.5, 0.6) is 0 Å². The molecule has 0 atom stereocenters. The number of nitrogens with one attached hydrogen (secondary N) is 1. The van der Waals surface area contributed by atoms with E-state index in [-0.39, 0.29) is 0 Å². The Bertz CT molecular complexity index is 644. The zero-order chi connectivity index (χ0) is 15.2. The molecule has 0 aromatic heterocycles. The van der Waals surface area contributed by atoms with Crippen LogP contribution in [-0.2, 0) is 4.74 Å². The minimum Gasteiger partial charge on any atom is -0.462 e. The molecule has 110 valence electrons. The van der Waals surface area contributed by atoms with Gasteiger partial charge >= 0.3 is 5.97 Å². The number of ether oxygens (including phenoxy) is 1. The second-order valence-corrected chi connectivity index (χ2v) is 5.16. The van der Waals surface area contributed by atoms with Gasteiger partial charge in [-0.15, -0.1) is 11.8 Å². The largest absolute Gasteiger partial charge is 0.462 e. The minimum atomic E-state index is -0.406. The number of nitrogen functional groups attached to an aromatic ring is 1. The Morgan fingerprint density at radius 1 is 1.19 bits per heavy atom. The maximum absolute atomic E-state index is 11.9. The molecule has 0 spiro atoms. The number of hydrogen-bond acceptors (Lipinski definition) is 5. The predicted molar refractivity (Wildman–Crippen MR) is 88.3 cm³/mol. The van der Waals surface area contributed by atoms with Crippen LogP contribution in [0.1, 0.15) is 17.3 Å². The molecule has 3 N–H and O–H groups in total. The van der Waals surface area contributed by atoms with Crippen molar-refractivity contribution in [2.45, 2.75) is 11.8 Å². The van der Waals surface area contributed by atoms with E-state index < -0.39 is 5.97 Å². The van der Waals surface area contributed by atoms with Crippen LogP contribution in [-0.4, -0.2) is 18.8 Å². The molecule has 0 bridgehead atoms. The summed E-state index contributed by atoms with van der Waals surface area (Å²) in [5.41, 5.74) is 8.51. The first kappa shape index (κ1) is 15.3. The number of thioether (sulfide) groups is 1. The van der Waals surface area contributed by atoms with E-state index in [1.54, 1.807) is 30.8 Å². The smallest absolute Gasteiger partial charge is 0.340 e. The highest BCUT2D eigenvalue weighted by molar-refractivity contribution is 7.98. The molecule has 0 aliphatic heterocycles. The molecule has 0 saturated heterocycles. The van der Waals surface area contributed by atoms with Crippen LogP contribution in [0.15, 0.2) is 47.4 Å². The molecular formula is C16H18N2O2S. The lowest BCUT2D eigenvalue weighted by molar-refractivity contribution is 0.0527. The summed E-state index contributed by atoms with van der Waals surface area (Å²) in [5, 5.41) is 3.28. The lowest BCUT2D eigenvalue weighted by Crippen LogP contribution is -2.09. The predicted octanol–water partition coefficient (Wildman–Crippen LogP) is 3.91. The van der Waals surface area contributed by atoms with Crippen molar-refractivity contribution in [1.29, 1.82) is 0 Å². The van der Waals surface area contributed by atoms with Gasteiger partial charge in [-0.3, -0.25) is 0 Å². The summed E-state index contributed by atoms with van der Waals surface area (Å²) in [4.78, 5) is 13.0. The maximum Gasteiger partial charge on any atom is 0.340 e. The molecule has 0 radical (unpaired) electrons. The quantitative estimate of drug-likeness (QED) is 0.498. The van der Waals surface area contributed by atoms with E-state index in [9.17, 15) is 4.79 Å². The highest BCUT2D eigenvalue weighted by Crippen LogP contribution is 2.31. The van der Waals surface area contributed by atoms with Gasteiger partial charge in [0, 0.05) is 4.90 Å². The maximum atomic E-state index is 11.9. The molecule has 0 fully saturated rings. The minimum absolute atomic E-state index is 0.325. The first-order valence-corrected chi connectivity index (χ1v) is 7.85. The number of carbonyl (C=O) groups is 1. The van der Waals surface area contributed by atoms with Crippen LogP contribution in [0.25, 0.3) is 0 Å². The van der Waals surface area contributed by atoms with Crippen LogP contribution in [0.3, 0.4) is 0 Å². The first-order chi connectivity index (χ1) is 10.2. The topological polar surface area (TPSA) is 64.3 Å². The number of para-hydroxylation sites is 2. The van der Waals surface area contributed by atoms with Gasteiger partial charge in [0.05, 0.1) is 29.2 Å². The van der Waals surface area contributed by atoms with Gasteiger partial charge in [0.25, 0.3) is 0 Å². The van der Waals surface area contributed by atoms with E-state index in [4.69, 9.17) is 10.5 Å². The molecule has 2 aromatic carbocycles. The fraction of sp³-hybridized carbons (Fsp3) is 0.188. The van der Waals surface area contributed by atoms with Crippen molar-refractivity contribution in [1.82, 2.24) is 0 Å². The van der Waals surface area contributed by atoms with Crippen molar-refractivity contribution in [3.05, 3.63) is 48.0 Å². The van der Waals surface area contributed by atoms with Crippen LogP contribution >= 0.6 is 11.8 Å². The van der Waals surface area contributed by atoms with E-state index in [1.807, 2.05) is 36.6 Å². The van der Waals surface area contributed by atoms with Gasteiger partial charge in [-0.1, -0.05) is 18.2 Å². The lowest BCUT2D eigenvalue weighted by atomic mass is 10.1. The Balaban J connectivity index is 2.33. The number of carbonyl (C=O) groups excluding carboxylic acids is 1. The molecule has 2 aromatic rings. The van der Waals surface area contributed by atoms with Crippen molar-refractivity contribution in [2.24, 2.45) is 0 Å². The van der Waals surface area contributed by atoms with Crippen molar-refractivity contribution < 1.29 is 9.53 Å². The normalized spacial score (nSPS) is 10.2. The van der Waals surface area contributed by atoms with Crippen LogP contribution in [0.2, 0.25) is 0 Å². The Morgan fingerprint density at radius 3 is 2.62 bits per heavy atom. The summed E-state index contributed by atoms with van der Waals surface area (Å²) < 4.78 is 5.01. The van der Waals surface area contributed by atoms with Crippen LogP contribution in [0, 0.1) is 0 Å². The van der Waals surface area contributed by atoms with Crippen LogP contribution < -0.4 is 11.1 Å². The molecule has 2 rings (SSSR count). The SMILES string of the molecule is CCOC(=O)c1cccc(Nc2ccccc2SC)c1N. The van der Waals surface area contributed by atoms with Crippen LogP contribution in [0.4, 0.5) is 17.1 Å². The number of esters is 1. The summed E-state index contributed by atoms with van der Waals surface area (Å²) in [6.45, 7) is 2.09. The third kappa shape index (κ3) is 3.49. The monoisotopic (exact) mass is 302 g/mol. The molecule has 0 aliphatic rings. The number of benzene rings is 2. The van der Waals surface area contributed by atoms with Gasteiger partial charge < -0.3 is 15.8 Å². The second kappa shape index (κ2) is 7.04. The highest BCUT2D eigenvalue weighted by atomic mass is 32.2. The summed E-state index contributed by atoms with van der Waals surface area (Å²) in [6.07, 6.45) is 2.01. The summed E-state index contributed by atoms with van der Waals surface area (Å²) in [6, 6.07) is 13.2. The molecule has 5 heteroatoms. The molecule has 0 heterocycles. The van der Waals surface area contributed by atoms with Gasteiger partial charge in [-0.2, -0.15) is 0 Å². The van der Waals surface area contributed by atoms with Gasteiger partial charge in [-0.05, 0) is 37.4 Å².